The summed E-state index contributed by atoms with van der Waals surface area (Å²) in [6.45, 7) is 4.04. The van der Waals surface area contributed by atoms with Gasteiger partial charge in [0, 0.05) is 13.7 Å². The number of sulfonamides is 1. The SMILES string of the molecule is CCc1ccc(-n2c(C(C)N(CCOC)S(=O)(=O)c3ccc(OC)cc3)nc3ccccc3c2=O)cc1. The van der Waals surface area contributed by atoms with Gasteiger partial charge < -0.3 is 9.47 Å². The molecular weight excluding hydrogens is 490 g/mol. The zero-order chi connectivity index (χ0) is 26.6. The van der Waals surface area contributed by atoms with E-state index in [1.807, 2.05) is 24.3 Å². The van der Waals surface area contributed by atoms with E-state index in [4.69, 9.17) is 14.5 Å². The second-order valence-electron chi connectivity index (χ2n) is 8.61. The molecule has 1 heterocycles. The maximum Gasteiger partial charge on any atom is 0.266 e. The van der Waals surface area contributed by atoms with Crippen LogP contribution in [-0.2, 0) is 21.2 Å². The zero-order valence-electron chi connectivity index (χ0n) is 21.4. The number of fused-ring (bicyclic) bond motifs is 1. The number of benzene rings is 3. The van der Waals surface area contributed by atoms with Crippen molar-refractivity contribution in [2.45, 2.75) is 31.2 Å². The van der Waals surface area contributed by atoms with E-state index in [-0.39, 0.29) is 23.6 Å². The first-order chi connectivity index (χ1) is 17.8. The van der Waals surface area contributed by atoms with Gasteiger partial charge in [0.05, 0.1) is 41.2 Å². The van der Waals surface area contributed by atoms with E-state index < -0.39 is 16.1 Å². The monoisotopic (exact) mass is 521 g/mol. The van der Waals surface area contributed by atoms with Crippen molar-refractivity contribution in [1.82, 2.24) is 13.9 Å². The van der Waals surface area contributed by atoms with Crippen LogP contribution in [0.15, 0.2) is 82.5 Å². The van der Waals surface area contributed by atoms with Crippen molar-refractivity contribution < 1.29 is 17.9 Å². The summed E-state index contributed by atoms with van der Waals surface area (Å²) in [7, 11) is -0.941. The molecule has 0 aliphatic heterocycles. The van der Waals surface area contributed by atoms with Crippen LogP contribution in [0.25, 0.3) is 16.6 Å². The van der Waals surface area contributed by atoms with Crippen LogP contribution in [0.3, 0.4) is 0 Å². The molecule has 4 rings (SSSR count). The fourth-order valence-electron chi connectivity index (χ4n) is 4.28. The maximum absolute atomic E-state index is 13.8. The first kappa shape index (κ1) is 26.5. The topological polar surface area (TPSA) is 90.7 Å². The highest BCUT2D eigenvalue weighted by Crippen LogP contribution is 2.29. The summed E-state index contributed by atoms with van der Waals surface area (Å²) in [5.74, 6) is 0.872. The third kappa shape index (κ3) is 5.29. The molecule has 1 atom stereocenters. The van der Waals surface area contributed by atoms with Gasteiger partial charge in [0.1, 0.15) is 11.6 Å². The van der Waals surface area contributed by atoms with Gasteiger partial charge in [0.25, 0.3) is 5.56 Å². The molecule has 0 N–H and O–H groups in total. The van der Waals surface area contributed by atoms with Gasteiger partial charge in [-0.2, -0.15) is 4.31 Å². The number of methoxy groups -OCH3 is 2. The molecular formula is C28H31N3O5S. The van der Waals surface area contributed by atoms with Crippen LogP contribution in [0.5, 0.6) is 5.75 Å². The Balaban J connectivity index is 1.91. The van der Waals surface area contributed by atoms with Gasteiger partial charge in [-0.05, 0) is 67.4 Å². The molecule has 9 heteroatoms. The molecule has 194 valence electrons. The minimum Gasteiger partial charge on any atom is -0.497 e. The molecule has 0 radical (unpaired) electrons. The molecule has 0 saturated heterocycles. The molecule has 0 fully saturated rings. The number of hydrogen-bond acceptors (Lipinski definition) is 6. The van der Waals surface area contributed by atoms with E-state index in [1.165, 1.54) is 35.2 Å². The quantitative estimate of drug-likeness (QED) is 0.308. The number of aromatic nitrogens is 2. The third-order valence-electron chi connectivity index (χ3n) is 6.39. The molecule has 0 spiro atoms. The lowest BCUT2D eigenvalue weighted by Gasteiger charge is -2.29. The Labute approximate surface area is 217 Å². The number of para-hydroxylation sites is 1. The second-order valence-corrected chi connectivity index (χ2v) is 10.5. The Morgan fingerprint density at radius 3 is 2.27 bits per heavy atom. The van der Waals surface area contributed by atoms with E-state index in [2.05, 4.69) is 6.92 Å². The predicted molar refractivity (Wildman–Crippen MR) is 144 cm³/mol. The van der Waals surface area contributed by atoms with Crippen molar-refractivity contribution in [3.05, 3.63) is 94.5 Å². The highest BCUT2D eigenvalue weighted by Gasteiger charge is 2.33. The largest absolute Gasteiger partial charge is 0.497 e. The summed E-state index contributed by atoms with van der Waals surface area (Å²) < 4.78 is 41.0. The van der Waals surface area contributed by atoms with Crippen molar-refractivity contribution in [2.75, 3.05) is 27.4 Å². The Morgan fingerprint density at radius 2 is 1.65 bits per heavy atom. The first-order valence-corrected chi connectivity index (χ1v) is 13.5. The Kier molecular flexibility index (Phi) is 8.06. The van der Waals surface area contributed by atoms with Crippen LogP contribution in [0.4, 0.5) is 0 Å². The lowest BCUT2D eigenvalue weighted by atomic mass is 10.1. The van der Waals surface area contributed by atoms with E-state index in [9.17, 15) is 13.2 Å². The van der Waals surface area contributed by atoms with Crippen molar-refractivity contribution in [3.63, 3.8) is 0 Å². The highest BCUT2D eigenvalue weighted by atomic mass is 32.2. The summed E-state index contributed by atoms with van der Waals surface area (Å²) in [5, 5.41) is 0.458. The minimum absolute atomic E-state index is 0.0729. The molecule has 1 aromatic heterocycles. The molecule has 8 nitrogen and oxygen atoms in total. The fraction of sp³-hybridized carbons (Fsp3) is 0.286. The van der Waals surface area contributed by atoms with Gasteiger partial charge in [0.15, 0.2) is 0 Å². The standard InChI is InChI=1S/C28H31N3O5S/c1-5-21-10-12-22(13-11-21)31-27(29-26-9-7-6-8-25(26)28(31)32)20(2)30(18-19-35-3)37(33,34)24-16-14-23(36-4)15-17-24/h6-17,20H,5,18-19H2,1-4H3. The van der Waals surface area contributed by atoms with Gasteiger partial charge >= 0.3 is 0 Å². The van der Waals surface area contributed by atoms with Crippen LogP contribution in [0.1, 0.15) is 31.3 Å². The van der Waals surface area contributed by atoms with Crippen molar-refractivity contribution in [1.29, 1.82) is 0 Å². The van der Waals surface area contributed by atoms with Gasteiger partial charge in [-0.25, -0.2) is 13.4 Å². The number of hydrogen-bond donors (Lipinski definition) is 0. The number of nitrogens with zero attached hydrogens (tertiary/aromatic N) is 3. The van der Waals surface area contributed by atoms with E-state index in [0.29, 0.717) is 28.2 Å². The van der Waals surface area contributed by atoms with Crippen molar-refractivity contribution >= 4 is 20.9 Å². The van der Waals surface area contributed by atoms with Gasteiger partial charge in [0.2, 0.25) is 10.0 Å². The Bertz CT molecular complexity index is 1530. The minimum atomic E-state index is -3.98. The average Bonchev–Trinajstić information content (AvgIpc) is 2.93. The average molecular weight is 522 g/mol. The molecule has 0 bridgehead atoms. The van der Waals surface area contributed by atoms with Gasteiger partial charge in [-0.15, -0.1) is 0 Å². The summed E-state index contributed by atoms with van der Waals surface area (Å²) >= 11 is 0. The maximum atomic E-state index is 13.8. The molecule has 0 saturated carbocycles. The van der Waals surface area contributed by atoms with Crippen molar-refractivity contribution in [3.8, 4) is 11.4 Å². The fourth-order valence-corrected chi connectivity index (χ4v) is 5.85. The number of rotatable bonds is 10. The number of ether oxygens (including phenoxy) is 2. The van der Waals surface area contributed by atoms with E-state index in [0.717, 1.165) is 12.0 Å². The van der Waals surface area contributed by atoms with E-state index >= 15 is 0 Å². The molecule has 0 aliphatic carbocycles. The predicted octanol–water partition coefficient (Wildman–Crippen LogP) is 4.36. The lowest BCUT2D eigenvalue weighted by Crippen LogP contribution is -2.39. The zero-order valence-corrected chi connectivity index (χ0v) is 22.2. The smallest absolute Gasteiger partial charge is 0.266 e. The van der Waals surface area contributed by atoms with Gasteiger partial charge in [-0.1, -0.05) is 31.2 Å². The van der Waals surface area contributed by atoms with Crippen LogP contribution in [-0.4, -0.2) is 49.6 Å². The number of aryl methyl sites for hydroxylation is 1. The third-order valence-corrected chi connectivity index (χ3v) is 8.38. The molecule has 4 aromatic rings. The van der Waals surface area contributed by atoms with Crippen LogP contribution < -0.4 is 10.3 Å². The first-order valence-electron chi connectivity index (χ1n) is 12.1. The summed E-state index contributed by atoms with van der Waals surface area (Å²) in [4.78, 5) is 18.7. The molecule has 0 amide bonds. The van der Waals surface area contributed by atoms with E-state index in [1.54, 1.807) is 43.3 Å². The second kappa shape index (κ2) is 11.2. The van der Waals surface area contributed by atoms with Crippen LogP contribution in [0, 0.1) is 0 Å². The Hall–Kier alpha value is -3.53. The highest BCUT2D eigenvalue weighted by molar-refractivity contribution is 7.89. The normalized spacial score (nSPS) is 12.7. The molecule has 37 heavy (non-hydrogen) atoms. The van der Waals surface area contributed by atoms with Gasteiger partial charge in [-0.3, -0.25) is 9.36 Å². The molecule has 0 aliphatic rings. The van der Waals surface area contributed by atoms with Crippen LogP contribution in [0.2, 0.25) is 0 Å². The summed E-state index contributed by atoms with van der Waals surface area (Å²) in [6.07, 6.45) is 0.860. The lowest BCUT2D eigenvalue weighted by molar-refractivity contribution is 0.166. The molecule has 1 unspecified atom stereocenters. The summed E-state index contributed by atoms with van der Waals surface area (Å²) in [5.41, 5.74) is 1.99. The Morgan fingerprint density at radius 1 is 0.973 bits per heavy atom. The molecule has 3 aromatic carbocycles. The summed E-state index contributed by atoms with van der Waals surface area (Å²) in [6, 6.07) is 20.2. The van der Waals surface area contributed by atoms with Crippen molar-refractivity contribution in [2.24, 2.45) is 0 Å². The van der Waals surface area contributed by atoms with Crippen LogP contribution >= 0.6 is 0 Å².